The first-order valence-corrected chi connectivity index (χ1v) is 10.1. The van der Waals surface area contributed by atoms with Crippen LogP contribution in [-0.2, 0) is 17.9 Å². The molecular weight excluding hydrogens is 342 g/mol. The molecule has 2 atom stereocenters. The minimum Gasteiger partial charge on any atom is -0.481 e. The fraction of sp³-hybridized carbons (Fsp3) is 0.619. The smallest absolute Gasteiger partial charge is 0.317 e. The molecule has 3 rings (SSSR count). The van der Waals surface area contributed by atoms with Gasteiger partial charge < -0.3 is 15.3 Å². The number of carboxylic acids is 1. The van der Waals surface area contributed by atoms with E-state index >= 15 is 0 Å². The summed E-state index contributed by atoms with van der Waals surface area (Å²) in [7, 11) is 0. The number of hydrogen-bond donors (Lipinski definition) is 2. The van der Waals surface area contributed by atoms with E-state index in [4.69, 9.17) is 0 Å². The van der Waals surface area contributed by atoms with E-state index < -0.39 is 11.4 Å². The summed E-state index contributed by atoms with van der Waals surface area (Å²) in [5.41, 5.74) is 1.62. The summed E-state index contributed by atoms with van der Waals surface area (Å²) in [6.45, 7) is 8.50. The van der Waals surface area contributed by atoms with Crippen molar-refractivity contribution < 1.29 is 14.7 Å². The van der Waals surface area contributed by atoms with Gasteiger partial charge in [0.25, 0.3) is 0 Å². The molecule has 27 heavy (non-hydrogen) atoms. The van der Waals surface area contributed by atoms with Crippen molar-refractivity contribution in [1.82, 2.24) is 15.1 Å². The SMILES string of the molecule is CCN(CC)Cc1ccccc1CNC(=O)N1C[C@@H]2CCC[C@@]2(C(=O)O)C1. The van der Waals surface area contributed by atoms with E-state index in [1.54, 1.807) is 4.90 Å². The molecular formula is C21H31N3O3. The Bertz CT molecular complexity index is 689. The molecule has 6 nitrogen and oxygen atoms in total. The Hall–Kier alpha value is -2.08. The third kappa shape index (κ3) is 3.95. The number of hydrogen-bond acceptors (Lipinski definition) is 3. The van der Waals surface area contributed by atoms with Gasteiger partial charge >= 0.3 is 12.0 Å². The van der Waals surface area contributed by atoms with Crippen molar-refractivity contribution in [3.8, 4) is 0 Å². The Labute approximate surface area is 161 Å². The second kappa shape index (κ2) is 8.30. The molecule has 0 spiro atoms. The number of rotatable bonds is 7. The number of carbonyl (C=O) groups excluding carboxylic acids is 1. The molecule has 2 aliphatic rings. The Morgan fingerprint density at radius 1 is 1.26 bits per heavy atom. The zero-order chi connectivity index (χ0) is 19.4. The number of urea groups is 1. The van der Waals surface area contributed by atoms with Crippen molar-refractivity contribution in [2.24, 2.45) is 11.3 Å². The number of nitrogens with zero attached hydrogens (tertiary/aromatic N) is 2. The van der Waals surface area contributed by atoms with E-state index in [9.17, 15) is 14.7 Å². The van der Waals surface area contributed by atoms with Gasteiger partial charge in [0.1, 0.15) is 0 Å². The van der Waals surface area contributed by atoms with Crippen molar-refractivity contribution in [3.63, 3.8) is 0 Å². The van der Waals surface area contributed by atoms with E-state index in [-0.39, 0.29) is 11.9 Å². The molecule has 148 valence electrons. The van der Waals surface area contributed by atoms with Crippen LogP contribution in [0, 0.1) is 11.3 Å². The lowest BCUT2D eigenvalue weighted by Gasteiger charge is -2.24. The number of likely N-dealkylation sites (tertiary alicyclic amines) is 1. The largest absolute Gasteiger partial charge is 0.481 e. The molecule has 6 heteroatoms. The zero-order valence-electron chi connectivity index (χ0n) is 16.4. The number of benzene rings is 1. The second-order valence-corrected chi connectivity index (χ2v) is 7.82. The summed E-state index contributed by atoms with van der Waals surface area (Å²) in [6, 6.07) is 8.04. The molecule has 2 amide bonds. The predicted octanol–water partition coefficient (Wildman–Crippen LogP) is 2.92. The molecule has 1 saturated heterocycles. The minimum atomic E-state index is -0.745. The number of amides is 2. The van der Waals surface area contributed by atoms with Crippen molar-refractivity contribution in [3.05, 3.63) is 35.4 Å². The Morgan fingerprint density at radius 2 is 1.96 bits per heavy atom. The lowest BCUT2D eigenvalue weighted by molar-refractivity contribution is -0.149. The molecule has 1 aromatic carbocycles. The molecule has 1 aromatic rings. The number of nitrogens with one attached hydrogen (secondary N) is 1. The fourth-order valence-electron chi connectivity index (χ4n) is 4.65. The van der Waals surface area contributed by atoms with Gasteiger partial charge in [0, 0.05) is 26.2 Å². The Morgan fingerprint density at radius 3 is 2.59 bits per heavy atom. The van der Waals surface area contributed by atoms with Gasteiger partial charge in [0.2, 0.25) is 0 Å². The van der Waals surface area contributed by atoms with Crippen LogP contribution >= 0.6 is 0 Å². The molecule has 1 aliphatic heterocycles. The van der Waals surface area contributed by atoms with Crippen LogP contribution in [0.2, 0.25) is 0 Å². The van der Waals surface area contributed by atoms with Gasteiger partial charge in [-0.25, -0.2) is 4.79 Å². The van der Waals surface area contributed by atoms with Crippen LogP contribution in [-0.4, -0.2) is 53.1 Å². The number of fused-ring (bicyclic) bond motifs is 1. The van der Waals surface area contributed by atoms with Gasteiger partial charge in [-0.3, -0.25) is 9.69 Å². The van der Waals surface area contributed by atoms with E-state index in [1.165, 1.54) is 5.56 Å². The highest BCUT2D eigenvalue weighted by molar-refractivity contribution is 5.80. The van der Waals surface area contributed by atoms with Crippen LogP contribution in [0.5, 0.6) is 0 Å². The summed E-state index contributed by atoms with van der Waals surface area (Å²) < 4.78 is 0. The highest BCUT2D eigenvalue weighted by Gasteiger charge is 2.55. The number of aliphatic carboxylic acids is 1. The van der Waals surface area contributed by atoms with Gasteiger partial charge in [-0.05, 0) is 43.0 Å². The summed E-state index contributed by atoms with van der Waals surface area (Å²) in [5, 5.41) is 12.7. The van der Waals surface area contributed by atoms with E-state index in [0.717, 1.165) is 38.0 Å². The van der Waals surface area contributed by atoms with Crippen molar-refractivity contribution >= 4 is 12.0 Å². The van der Waals surface area contributed by atoms with Crippen LogP contribution in [0.3, 0.4) is 0 Å². The van der Waals surface area contributed by atoms with Crippen molar-refractivity contribution in [2.45, 2.75) is 46.2 Å². The molecule has 0 bridgehead atoms. The normalized spacial score (nSPS) is 24.3. The van der Waals surface area contributed by atoms with Crippen molar-refractivity contribution in [2.75, 3.05) is 26.2 Å². The summed E-state index contributed by atoms with van der Waals surface area (Å²) in [4.78, 5) is 28.5. The van der Waals surface area contributed by atoms with Crippen LogP contribution < -0.4 is 5.32 Å². The minimum absolute atomic E-state index is 0.0932. The van der Waals surface area contributed by atoms with Gasteiger partial charge in [0.05, 0.1) is 5.41 Å². The maximum atomic E-state index is 12.7. The van der Waals surface area contributed by atoms with Gasteiger partial charge in [0.15, 0.2) is 0 Å². The molecule has 1 heterocycles. The summed E-state index contributed by atoms with van der Waals surface area (Å²) in [5.74, 6) is -0.652. The van der Waals surface area contributed by atoms with Crippen molar-refractivity contribution in [1.29, 1.82) is 0 Å². The van der Waals surface area contributed by atoms with Gasteiger partial charge in [-0.1, -0.05) is 44.5 Å². The molecule has 0 unspecified atom stereocenters. The van der Waals surface area contributed by atoms with Gasteiger partial charge in [-0.15, -0.1) is 0 Å². The molecule has 2 fully saturated rings. The highest BCUT2D eigenvalue weighted by Crippen LogP contribution is 2.48. The topological polar surface area (TPSA) is 72.9 Å². The maximum absolute atomic E-state index is 12.7. The monoisotopic (exact) mass is 373 g/mol. The molecule has 1 aliphatic carbocycles. The summed E-state index contributed by atoms with van der Waals surface area (Å²) >= 11 is 0. The van der Waals surface area contributed by atoms with Crippen LogP contribution in [0.15, 0.2) is 24.3 Å². The first-order valence-electron chi connectivity index (χ1n) is 10.1. The second-order valence-electron chi connectivity index (χ2n) is 7.82. The number of carboxylic acid groups (broad SMARTS) is 1. The lowest BCUT2D eigenvalue weighted by Crippen LogP contribution is -2.41. The zero-order valence-corrected chi connectivity index (χ0v) is 16.4. The fourth-order valence-corrected chi connectivity index (χ4v) is 4.65. The van der Waals surface area contributed by atoms with E-state index in [0.29, 0.717) is 26.1 Å². The number of carbonyl (C=O) groups is 2. The Kier molecular flexibility index (Phi) is 6.05. The summed E-state index contributed by atoms with van der Waals surface area (Å²) in [6.07, 6.45) is 2.54. The third-order valence-electron chi connectivity index (χ3n) is 6.42. The van der Waals surface area contributed by atoms with Gasteiger partial charge in [-0.2, -0.15) is 0 Å². The third-order valence-corrected chi connectivity index (χ3v) is 6.42. The van der Waals surface area contributed by atoms with E-state index in [1.807, 2.05) is 12.1 Å². The quantitative estimate of drug-likeness (QED) is 0.771. The van der Waals surface area contributed by atoms with Crippen LogP contribution in [0.1, 0.15) is 44.2 Å². The molecule has 1 saturated carbocycles. The predicted molar refractivity (Wildman–Crippen MR) is 104 cm³/mol. The molecule has 0 radical (unpaired) electrons. The lowest BCUT2D eigenvalue weighted by atomic mass is 9.81. The van der Waals surface area contributed by atoms with E-state index in [2.05, 4.69) is 36.2 Å². The molecule has 2 N–H and O–H groups in total. The average Bonchev–Trinajstić information content (AvgIpc) is 3.23. The standard InChI is InChI=1S/C21H31N3O3/c1-3-23(4-2)13-17-9-6-5-8-16(17)12-22-20(27)24-14-18-10-7-11-21(18,15-24)19(25)26/h5-6,8-9,18H,3-4,7,10-15H2,1-2H3,(H,22,27)(H,25,26)/t18-,21+/m0/s1. The molecule has 0 aromatic heterocycles. The highest BCUT2D eigenvalue weighted by atomic mass is 16.4. The van der Waals surface area contributed by atoms with Crippen LogP contribution in [0.25, 0.3) is 0 Å². The average molecular weight is 373 g/mol. The maximum Gasteiger partial charge on any atom is 0.317 e. The first kappa shape index (κ1) is 19.7. The first-order chi connectivity index (χ1) is 13.0. The van der Waals surface area contributed by atoms with Crippen LogP contribution in [0.4, 0.5) is 4.79 Å². The Balaban J connectivity index is 1.61.